The number of nitrogens with zero attached hydrogens (tertiary/aromatic N) is 2. The molecule has 5 nitrogen and oxygen atoms in total. The van der Waals surface area contributed by atoms with Crippen LogP contribution in [0.3, 0.4) is 0 Å². The molecule has 0 spiro atoms. The number of carbonyl (C=O) groups excluding carboxylic acids is 1. The van der Waals surface area contributed by atoms with Crippen LogP contribution in [0.5, 0.6) is 0 Å². The first kappa shape index (κ1) is 17.4. The minimum atomic E-state index is -0.107. The Morgan fingerprint density at radius 3 is 2.68 bits per heavy atom. The van der Waals surface area contributed by atoms with Gasteiger partial charge in [-0.05, 0) is 43.9 Å². The van der Waals surface area contributed by atoms with Gasteiger partial charge in [0.15, 0.2) is 0 Å². The van der Waals surface area contributed by atoms with Crippen molar-refractivity contribution in [1.82, 2.24) is 15.3 Å². The summed E-state index contributed by atoms with van der Waals surface area (Å²) in [4.78, 5) is 21.4. The van der Waals surface area contributed by atoms with Crippen molar-refractivity contribution in [2.75, 3.05) is 5.32 Å². The fourth-order valence-corrected chi connectivity index (χ4v) is 3.32. The second-order valence-corrected chi connectivity index (χ2v) is 6.66. The molecule has 3 rings (SSSR count). The van der Waals surface area contributed by atoms with Gasteiger partial charge in [-0.2, -0.15) is 0 Å². The fourth-order valence-electron chi connectivity index (χ4n) is 3.32. The molecule has 0 unspecified atom stereocenters. The van der Waals surface area contributed by atoms with Crippen molar-refractivity contribution in [3.8, 4) is 0 Å². The standard InChI is InChI=1S/C20H26N4O/c1-3-15-9-7-8-12-17(15)23-20-21-14(2)13-18(24-20)19(25)22-16-10-5-4-6-11-16/h7-9,12-13,16H,3-6,10-11H2,1-2H3,(H,22,25)(H,21,23,24). The Balaban J connectivity index is 1.76. The van der Waals surface area contributed by atoms with Gasteiger partial charge in [-0.3, -0.25) is 4.79 Å². The van der Waals surface area contributed by atoms with E-state index in [1.807, 2.05) is 25.1 Å². The van der Waals surface area contributed by atoms with Crippen molar-refractivity contribution >= 4 is 17.5 Å². The number of carbonyl (C=O) groups is 1. The second kappa shape index (κ2) is 8.10. The number of aryl methyl sites for hydroxylation is 2. The van der Waals surface area contributed by atoms with Crippen molar-refractivity contribution < 1.29 is 4.79 Å². The van der Waals surface area contributed by atoms with Crippen LogP contribution in [0.25, 0.3) is 0 Å². The first-order valence-corrected chi connectivity index (χ1v) is 9.17. The summed E-state index contributed by atoms with van der Waals surface area (Å²) in [6.07, 6.45) is 6.69. The van der Waals surface area contributed by atoms with Crippen molar-refractivity contribution in [2.24, 2.45) is 0 Å². The predicted octanol–water partition coefficient (Wildman–Crippen LogP) is 4.15. The van der Waals surface area contributed by atoms with E-state index in [-0.39, 0.29) is 11.9 Å². The maximum Gasteiger partial charge on any atom is 0.270 e. The molecule has 1 aliphatic carbocycles. The molecule has 0 radical (unpaired) electrons. The quantitative estimate of drug-likeness (QED) is 0.859. The Bertz CT molecular complexity index is 738. The van der Waals surface area contributed by atoms with E-state index in [0.717, 1.165) is 30.6 Å². The Kier molecular flexibility index (Phi) is 5.64. The third kappa shape index (κ3) is 4.56. The second-order valence-electron chi connectivity index (χ2n) is 6.66. The lowest BCUT2D eigenvalue weighted by Crippen LogP contribution is -2.36. The summed E-state index contributed by atoms with van der Waals surface area (Å²) < 4.78 is 0. The van der Waals surface area contributed by atoms with E-state index in [4.69, 9.17) is 0 Å². The van der Waals surface area contributed by atoms with Crippen LogP contribution >= 0.6 is 0 Å². The number of hydrogen-bond acceptors (Lipinski definition) is 4. The van der Waals surface area contributed by atoms with Crippen molar-refractivity contribution in [3.63, 3.8) is 0 Å². The number of aromatic nitrogens is 2. The summed E-state index contributed by atoms with van der Waals surface area (Å²) in [6.45, 7) is 4.00. The first-order chi connectivity index (χ1) is 12.2. The summed E-state index contributed by atoms with van der Waals surface area (Å²) >= 11 is 0. The van der Waals surface area contributed by atoms with Crippen molar-refractivity contribution in [1.29, 1.82) is 0 Å². The molecule has 1 aromatic heterocycles. The van der Waals surface area contributed by atoms with E-state index in [1.165, 1.54) is 24.8 Å². The molecular weight excluding hydrogens is 312 g/mol. The SMILES string of the molecule is CCc1ccccc1Nc1nc(C)cc(C(=O)NC2CCCCC2)n1. The average Bonchev–Trinajstić information content (AvgIpc) is 2.62. The summed E-state index contributed by atoms with van der Waals surface area (Å²) in [5.41, 5.74) is 3.38. The lowest BCUT2D eigenvalue weighted by molar-refractivity contribution is 0.0922. The maximum atomic E-state index is 12.6. The number of amides is 1. The number of benzene rings is 1. The van der Waals surface area contributed by atoms with Gasteiger partial charge in [-0.1, -0.05) is 44.4 Å². The smallest absolute Gasteiger partial charge is 0.270 e. The van der Waals surface area contributed by atoms with Crippen LogP contribution in [0.2, 0.25) is 0 Å². The van der Waals surface area contributed by atoms with Gasteiger partial charge >= 0.3 is 0 Å². The van der Waals surface area contributed by atoms with Gasteiger partial charge < -0.3 is 10.6 Å². The molecule has 132 valence electrons. The van der Waals surface area contributed by atoms with Gasteiger partial charge in [-0.15, -0.1) is 0 Å². The van der Waals surface area contributed by atoms with E-state index >= 15 is 0 Å². The Morgan fingerprint density at radius 2 is 1.92 bits per heavy atom. The molecule has 2 aromatic rings. The third-order valence-electron chi connectivity index (χ3n) is 4.67. The third-order valence-corrected chi connectivity index (χ3v) is 4.67. The molecule has 1 heterocycles. The number of para-hydroxylation sites is 1. The van der Waals surface area contributed by atoms with E-state index < -0.39 is 0 Å². The average molecular weight is 338 g/mol. The molecule has 1 aliphatic rings. The molecule has 0 saturated heterocycles. The maximum absolute atomic E-state index is 12.6. The van der Waals surface area contributed by atoms with Crippen molar-refractivity contribution in [3.05, 3.63) is 47.3 Å². The summed E-state index contributed by atoms with van der Waals surface area (Å²) in [5, 5.41) is 6.38. The van der Waals surface area contributed by atoms with Crippen LogP contribution in [0.4, 0.5) is 11.6 Å². The lowest BCUT2D eigenvalue weighted by atomic mass is 9.95. The van der Waals surface area contributed by atoms with E-state index in [0.29, 0.717) is 11.6 Å². The molecule has 0 bridgehead atoms. The molecule has 25 heavy (non-hydrogen) atoms. The van der Waals surface area contributed by atoms with Crippen LogP contribution < -0.4 is 10.6 Å². The Hall–Kier alpha value is -2.43. The topological polar surface area (TPSA) is 66.9 Å². The van der Waals surface area contributed by atoms with Gasteiger partial charge in [0.05, 0.1) is 0 Å². The Labute approximate surface area is 149 Å². The van der Waals surface area contributed by atoms with Gasteiger partial charge in [0.1, 0.15) is 5.69 Å². The number of anilines is 2. The summed E-state index contributed by atoms with van der Waals surface area (Å²) in [5.74, 6) is 0.360. The van der Waals surface area contributed by atoms with Crippen LogP contribution in [-0.4, -0.2) is 21.9 Å². The summed E-state index contributed by atoms with van der Waals surface area (Å²) in [6, 6.07) is 10.1. The lowest BCUT2D eigenvalue weighted by Gasteiger charge is -2.22. The van der Waals surface area contributed by atoms with Gasteiger partial charge in [0.25, 0.3) is 5.91 Å². The zero-order valence-electron chi connectivity index (χ0n) is 15.0. The molecule has 5 heteroatoms. The zero-order valence-corrected chi connectivity index (χ0v) is 15.0. The molecule has 0 atom stereocenters. The van der Waals surface area contributed by atoms with Gasteiger partial charge in [-0.25, -0.2) is 9.97 Å². The zero-order chi connectivity index (χ0) is 17.6. The van der Waals surface area contributed by atoms with Crippen LogP contribution in [0.1, 0.15) is 60.8 Å². The van der Waals surface area contributed by atoms with Crippen LogP contribution in [-0.2, 0) is 6.42 Å². The minimum Gasteiger partial charge on any atom is -0.348 e. The highest BCUT2D eigenvalue weighted by Crippen LogP contribution is 2.20. The number of nitrogens with one attached hydrogen (secondary N) is 2. The monoisotopic (exact) mass is 338 g/mol. The molecule has 2 N–H and O–H groups in total. The highest BCUT2D eigenvalue weighted by atomic mass is 16.1. The highest BCUT2D eigenvalue weighted by molar-refractivity contribution is 5.92. The van der Waals surface area contributed by atoms with Gasteiger partial charge in [0.2, 0.25) is 5.95 Å². The first-order valence-electron chi connectivity index (χ1n) is 9.17. The van der Waals surface area contributed by atoms with E-state index in [9.17, 15) is 4.79 Å². The van der Waals surface area contributed by atoms with E-state index in [1.54, 1.807) is 6.07 Å². The minimum absolute atomic E-state index is 0.107. The highest BCUT2D eigenvalue weighted by Gasteiger charge is 2.18. The molecule has 1 saturated carbocycles. The largest absolute Gasteiger partial charge is 0.348 e. The normalized spacial score (nSPS) is 15.0. The van der Waals surface area contributed by atoms with Crippen molar-refractivity contribution in [2.45, 2.75) is 58.4 Å². The molecule has 1 aromatic carbocycles. The molecule has 1 amide bonds. The van der Waals surface area contributed by atoms with Crippen LogP contribution in [0, 0.1) is 6.92 Å². The predicted molar refractivity (Wildman–Crippen MR) is 100 cm³/mol. The van der Waals surface area contributed by atoms with E-state index in [2.05, 4.69) is 33.6 Å². The summed E-state index contributed by atoms with van der Waals surface area (Å²) in [7, 11) is 0. The fraction of sp³-hybridized carbons (Fsp3) is 0.450. The molecule has 1 fully saturated rings. The molecular formula is C20H26N4O. The molecule has 0 aliphatic heterocycles. The number of hydrogen-bond donors (Lipinski definition) is 2. The number of rotatable bonds is 5. The van der Waals surface area contributed by atoms with Gasteiger partial charge in [0, 0.05) is 17.4 Å². The van der Waals surface area contributed by atoms with Crippen LogP contribution in [0.15, 0.2) is 30.3 Å². The Morgan fingerprint density at radius 1 is 1.16 bits per heavy atom.